The van der Waals surface area contributed by atoms with Crippen molar-refractivity contribution in [2.45, 2.75) is 38.6 Å². The van der Waals surface area contributed by atoms with Crippen molar-refractivity contribution in [2.75, 3.05) is 6.61 Å². The fraction of sp³-hybridized carbons (Fsp3) is 0.211. The van der Waals surface area contributed by atoms with Crippen LogP contribution in [-0.2, 0) is 35.6 Å². The van der Waals surface area contributed by atoms with Gasteiger partial charge in [0.05, 0.1) is 41.1 Å². The van der Waals surface area contributed by atoms with E-state index >= 15 is 0 Å². The smallest absolute Gasteiger partial charge is 0.344 e. The zero-order valence-electron chi connectivity index (χ0n) is 27.8. The van der Waals surface area contributed by atoms with Gasteiger partial charge < -0.3 is 29.2 Å². The van der Waals surface area contributed by atoms with E-state index in [0.29, 0.717) is 49.7 Å². The molecular weight excluding hydrogens is 668 g/mol. The molecule has 8 rings (SSSR count). The number of aromatic amines is 2. The third kappa shape index (κ3) is 8.18. The lowest BCUT2D eigenvalue weighted by molar-refractivity contribution is -0.146. The largest absolute Gasteiger partial charge is 0.492 e. The van der Waals surface area contributed by atoms with Crippen molar-refractivity contribution >= 4 is 11.9 Å². The first kappa shape index (κ1) is 33.8. The molecule has 6 heterocycles. The molecule has 0 bridgehead atoms. The number of benzene rings is 2. The van der Waals surface area contributed by atoms with Crippen LogP contribution in [0, 0.1) is 5.92 Å². The molecule has 0 fully saturated rings. The quantitative estimate of drug-likeness (QED) is 0.140. The van der Waals surface area contributed by atoms with Gasteiger partial charge in [0.15, 0.2) is 6.10 Å². The molecule has 14 nitrogen and oxygen atoms in total. The molecule has 0 saturated carbocycles. The predicted octanol–water partition coefficient (Wildman–Crippen LogP) is 5.52. The summed E-state index contributed by atoms with van der Waals surface area (Å²) >= 11 is 0. The Morgan fingerprint density at radius 3 is 1.92 bits per heavy atom. The number of H-pyrrole nitrogens is 2. The molecule has 4 aromatic heterocycles. The van der Waals surface area contributed by atoms with Crippen molar-refractivity contribution in [3.8, 4) is 45.8 Å². The highest BCUT2D eigenvalue weighted by Crippen LogP contribution is 2.30. The highest BCUT2D eigenvalue weighted by atomic mass is 16.5. The lowest BCUT2D eigenvalue weighted by Gasteiger charge is -2.23. The molecule has 0 saturated heterocycles. The highest BCUT2D eigenvalue weighted by molar-refractivity contribution is 5.73. The van der Waals surface area contributed by atoms with Crippen LogP contribution in [0.3, 0.4) is 0 Å². The van der Waals surface area contributed by atoms with Gasteiger partial charge >= 0.3 is 11.9 Å². The first-order valence-electron chi connectivity index (χ1n) is 16.5. The lowest BCUT2D eigenvalue weighted by atomic mass is 9.95. The molecule has 0 radical (unpaired) electrons. The molecule has 2 aliphatic rings. The highest BCUT2D eigenvalue weighted by Gasteiger charge is 2.26. The summed E-state index contributed by atoms with van der Waals surface area (Å²) in [5.41, 5.74) is 7.06. The van der Waals surface area contributed by atoms with E-state index in [4.69, 9.17) is 29.2 Å². The number of hydrogen-bond donors (Lipinski definition) is 4. The van der Waals surface area contributed by atoms with E-state index in [2.05, 4.69) is 30.4 Å². The Kier molecular flexibility index (Phi) is 10.0. The van der Waals surface area contributed by atoms with E-state index in [1.165, 1.54) is 0 Å². The van der Waals surface area contributed by atoms with Gasteiger partial charge in [-0.05, 0) is 96.1 Å². The van der Waals surface area contributed by atoms with E-state index < -0.39 is 24.0 Å². The minimum Gasteiger partial charge on any atom is -0.492 e. The van der Waals surface area contributed by atoms with E-state index in [1.807, 2.05) is 72.8 Å². The molecule has 264 valence electrons. The molecule has 14 heteroatoms. The predicted molar refractivity (Wildman–Crippen MR) is 186 cm³/mol. The SMILES string of the molecule is O=C(O)C1CCc2ccc(COc3ccc(-c4ccn[nH]4)nc3)cc2O1.O=C(O)C1COc2ccc(COc3ccc(-c4ccn[nH]4)nc3)cc2C1. The first-order valence-corrected chi connectivity index (χ1v) is 16.5. The van der Waals surface area contributed by atoms with Gasteiger partial charge in [-0.3, -0.25) is 25.0 Å². The lowest BCUT2D eigenvalue weighted by Crippen LogP contribution is -2.30. The fourth-order valence-electron chi connectivity index (χ4n) is 5.75. The van der Waals surface area contributed by atoms with Gasteiger partial charge in [-0.25, -0.2) is 4.79 Å². The van der Waals surface area contributed by atoms with E-state index in [1.54, 1.807) is 24.8 Å². The topological polar surface area (TPSA) is 195 Å². The summed E-state index contributed by atoms with van der Waals surface area (Å²) in [6.45, 7) is 0.933. The average molecular weight is 703 g/mol. The Morgan fingerprint density at radius 2 is 1.37 bits per heavy atom. The van der Waals surface area contributed by atoms with Crippen LogP contribution in [0.4, 0.5) is 0 Å². The monoisotopic (exact) mass is 702 g/mol. The van der Waals surface area contributed by atoms with Crippen LogP contribution in [0.25, 0.3) is 22.8 Å². The molecule has 52 heavy (non-hydrogen) atoms. The van der Waals surface area contributed by atoms with Crippen molar-refractivity contribution in [1.82, 2.24) is 30.4 Å². The Bertz CT molecular complexity index is 1970. The minimum absolute atomic E-state index is 0.215. The summed E-state index contributed by atoms with van der Waals surface area (Å²) in [5.74, 6) is 0.412. The number of pyridine rings is 2. The van der Waals surface area contributed by atoms with E-state index in [-0.39, 0.29) is 6.61 Å². The van der Waals surface area contributed by atoms with E-state index in [0.717, 1.165) is 50.8 Å². The second-order valence-corrected chi connectivity index (χ2v) is 12.2. The van der Waals surface area contributed by atoms with Gasteiger partial charge in [0.25, 0.3) is 0 Å². The van der Waals surface area contributed by atoms with Gasteiger partial charge in [-0.1, -0.05) is 18.2 Å². The number of carboxylic acid groups (broad SMARTS) is 2. The second kappa shape index (κ2) is 15.5. The number of fused-ring (bicyclic) bond motifs is 2. The number of aryl methyl sites for hydroxylation is 1. The Morgan fingerprint density at radius 1 is 0.731 bits per heavy atom. The van der Waals surface area contributed by atoms with Crippen molar-refractivity contribution in [3.63, 3.8) is 0 Å². The summed E-state index contributed by atoms with van der Waals surface area (Å²) in [7, 11) is 0. The summed E-state index contributed by atoms with van der Waals surface area (Å²) < 4.78 is 22.6. The van der Waals surface area contributed by atoms with Crippen molar-refractivity contribution < 1.29 is 38.7 Å². The van der Waals surface area contributed by atoms with Crippen LogP contribution in [0.15, 0.2) is 97.6 Å². The summed E-state index contributed by atoms with van der Waals surface area (Å²) in [5, 5.41) is 31.8. The van der Waals surface area contributed by atoms with Crippen molar-refractivity contribution in [2.24, 2.45) is 5.92 Å². The molecule has 2 atom stereocenters. The molecule has 0 spiro atoms. The molecule has 6 aromatic rings. The first-order chi connectivity index (χ1) is 25.4. The molecular formula is C38H34N6O8. The maximum atomic E-state index is 11.2. The van der Waals surface area contributed by atoms with Crippen LogP contribution in [-0.4, -0.2) is 65.2 Å². The third-order valence-electron chi connectivity index (χ3n) is 8.57. The maximum Gasteiger partial charge on any atom is 0.344 e. The number of ether oxygens (including phenoxy) is 4. The normalized spacial score (nSPS) is 15.8. The Hall–Kier alpha value is -6.70. The zero-order chi connectivity index (χ0) is 35.9. The van der Waals surface area contributed by atoms with Gasteiger partial charge in [-0.2, -0.15) is 10.2 Å². The number of nitrogens with zero attached hydrogens (tertiary/aromatic N) is 4. The summed E-state index contributed by atoms with van der Waals surface area (Å²) in [4.78, 5) is 31.0. The minimum atomic E-state index is -0.930. The van der Waals surface area contributed by atoms with Crippen LogP contribution in [0.2, 0.25) is 0 Å². The maximum absolute atomic E-state index is 11.2. The Labute approximate surface area is 297 Å². The molecule has 0 amide bonds. The second-order valence-electron chi connectivity index (χ2n) is 12.2. The van der Waals surface area contributed by atoms with Crippen LogP contribution in [0.5, 0.6) is 23.0 Å². The van der Waals surface area contributed by atoms with Gasteiger partial charge in [0.1, 0.15) is 42.8 Å². The number of nitrogens with one attached hydrogen (secondary N) is 2. The molecule has 4 N–H and O–H groups in total. The number of rotatable bonds is 10. The van der Waals surface area contributed by atoms with Crippen LogP contribution in [0.1, 0.15) is 28.7 Å². The van der Waals surface area contributed by atoms with Crippen molar-refractivity contribution in [3.05, 3.63) is 120 Å². The summed E-state index contributed by atoms with van der Waals surface area (Å²) in [6, 6.07) is 22.6. The molecule has 2 unspecified atom stereocenters. The van der Waals surface area contributed by atoms with Gasteiger partial charge in [-0.15, -0.1) is 0 Å². The number of aliphatic carboxylic acids is 2. The van der Waals surface area contributed by atoms with Crippen LogP contribution >= 0.6 is 0 Å². The number of carbonyl (C=O) groups is 2. The molecule has 2 aliphatic heterocycles. The Balaban J connectivity index is 0.000000162. The van der Waals surface area contributed by atoms with Crippen molar-refractivity contribution in [1.29, 1.82) is 0 Å². The molecule has 0 aliphatic carbocycles. The van der Waals surface area contributed by atoms with Crippen LogP contribution < -0.4 is 18.9 Å². The van der Waals surface area contributed by atoms with Gasteiger partial charge in [0, 0.05) is 12.4 Å². The average Bonchev–Trinajstić information content (AvgIpc) is 3.93. The zero-order valence-corrected chi connectivity index (χ0v) is 27.8. The number of hydrogen-bond acceptors (Lipinski definition) is 10. The van der Waals surface area contributed by atoms with E-state index in [9.17, 15) is 9.59 Å². The standard InChI is InChI=1S/2C19H17N3O4/c23-19(24)14-8-13-7-12(1-4-18(13)26-11-14)10-25-15-2-3-16(20-9-15)17-5-6-21-22-17;23-19(24)17-6-3-13-2-1-12(9-18(13)26-17)11-25-14-4-5-15(20-10-14)16-7-8-21-22-16/h1-7,9,14H,8,10-11H2,(H,21,22)(H,23,24);1-2,4-5,7-10,17H,3,6,11H2,(H,21,22)(H,23,24). The third-order valence-corrected chi connectivity index (χ3v) is 8.57. The fourth-order valence-corrected chi connectivity index (χ4v) is 5.75. The number of aromatic nitrogens is 6. The number of carboxylic acids is 2. The molecule has 2 aromatic carbocycles. The van der Waals surface area contributed by atoms with Gasteiger partial charge in [0.2, 0.25) is 0 Å². The summed E-state index contributed by atoms with van der Waals surface area (Å²) in [6.07, 6.45) is 7.56.